The van der Waals surface area contributed by atoms with Gasteiger partial charge in [-0.05, 0) is 106 Å². The van der Waals surface area contributed by atoms with Gasteiger partial charge in [-0.15, -0.1) is 0 Å². The van der Waals surface area contributed by atoms with Crippen molar-refractivity contribution in [1.29, 1.82) is 0 Å². The topological polar surface area (TPSA) is 8.17 Å². The summed E-state index contributed by atoms with van der Waals surface area (Å²) < 4.78 is 2.43. The van der Waals surface area contributed by atoms with Crippen LogP contribution < -0.4 is 4.90 Å². The molecule has 3 aliphatic carbocycles. The molecule has 0 fully saturated rings. The van der Waals surface area contributed by atoms with Crippen LogP contribution in [0.2, 0.25) is 0 Å². The molecule has 0 N–H and O–H groups in total. The van der Waals surface area contributed by atoms with Gasteiger partial charge in [0.2, 0.25) is 0 Å². The molecule has 7 aromatic carbocycles. The van der Waals surface area contributed by atoms with Crippen molar-refractivity contribution in [3.8, 4) is 27.9 Å². The van der Waals surface area contributed by atoms with Crippen LogP contribution in [0.3, 0.4) is 0 Å². The van der Waals surface area contributed by atoms with Crippen molar-refractivity contribution in [3.63, 3.8) is 0 Å². The Hall–Kier alpha value is -6.38. The van der Waals surface area contributed by atoms with E-state index in [-0.39, 0.29) is 10.8 Å². The molecule has 2 heteroatoms. The number of allylic oxidation sites excluding steroid dienone is 4. The lowest BCUT2D eigenvalue weighted by atomic mass is 9.78. The lowest BCUT2D eigenvalue weighted by Crippen LogP contribution is -2.18. The third-order valence-electron chi connectivity index (χ3n) is 13.1. The van der Waals surface area contributed by atoms with E-state index in [4.69, 9.17) is 0 Å². The molecule has 56 heavy (non-hydrogen) atoms. The lowest BCUT2D eigenvalue weighted by Gasteiger charge is -2.30. The average molecular weight is 721 g/mol. The number of hydrogen-bond acceptors (Lipinski definition) is 1. The van der Waals surface area contributed by atoms with Crippen molar-refractivity contribution in [2.75, 3.05) is 4.90 Å². The van der Waals surface area contributed by atoms with E-state index in [1.54, 1.807) is 5.57 Å². The number of benzene rings is 7. The summed E-state index contributed by atoms with van der Waals surface area (Å²) in [5, 5.41) is 2.51. The standard InChI is InChI=1S/C54H44N2/c1-53(2)46-25-13-9-22-44(46)52-43(23-16-26-47(52)53)41-21-11-14-27-49(41)55(36-29-31-39-38-19-8-12-24-45(38)54(3,4)48(39)33-36)37-30-32-42-40-20-10-15-28-50(40)56(51(42)34-37)35-17-6-5-7-18-35/h5-12,14-24,26-34H,13,25H2,1-4H3. The first-order valence-corrected chi connectivity index (χ1v) is 20.1. The largest absolute Gasteiger partial charge is 0.310 e. The zero-order valence-electron chi connectivity index (χ0n) is 32.5. The van der Waals surface area contributed by atoms with Crippen LogP contribution in [0.25, 0.3) is 55.3 Å². The van der Waals surface area contributed by atoms with E-state index in [9.17, 15) is 0 Å². The van der Waals surface area contributed by atoms with Crippen molar-refractivity contribution < 1.29 is 0 Å². The maximum Gasteiger partial charge on any atom is 0.0561 e. The number of para-hydroxylation sites is 3. The van der Waals surface area contributed by atoms with Gasteiger partial charge in [-0.2, -0.15) is 0 Å². The quantitative estimate of drug-likeness (QED) is 0.172. The molecule has 0 saturated heterocycles. The van der Waals surface area contributed by atoms with E-state index < -0.39 is 0 Å². The normalized spacial score (nSPS) is 15.9. The van der Waals surface area contributed by atoms with Crippen molar-refractivity contribution in [2.24, 2.45) is 0 Å². The van der Waals surface area contributed by atoms with E-state index in [0.29, 0.717) is 0 Å². The highest BCUT2D eigenvalue weighted by Crippen LogP contribution is 2.55. The van der Waals surface area contributed by atoms with Crippen molar-refractivity contribution in [1.82, 2.24) is 4.57 Å². The van der Waals surface area contributed by atoms with Crippen LogP contribution in [0.15, 0.2) is 175 Å². The van der Waals surface area contributed by atoms with Gasteiger partial charge in [0.15, 0.2) is 0 Å². The van der Waals surface area contributed by atoms with Gasteiger partial charge in [-0.3, -0.25) is 0 Å². The molecule has 0 radical (unpaired) electrons. The Bertz CT molecular complexity index is 2970. The van der Waals surface area contributed by atoms with Gasteiger partial charge in [0.25, 0.3) is 0 Å². The Balaban J connectivity index is 1.19. The van der Waals surface area contributed by atoms with Gasteiger partial charge >= 0.3 is 0 Å². The molecule has 0 saturated carbocycles. The first-order chi connectivity index (χ1) is 27.3. The highest BCUT2D eigenvalue weighted by molar-refractivity contribution is 6.10. The molecule has 1 aromatic heterocycles. The Morgan fingerprint density at radius 3 is 2.04 bits per heavy atom. The van der Waals surface area contributed by atoms with Gasteiger partial charge in [-0.25, -0.2) is 0 Å². The second-order valence-corrected chi connectivity index (χ2v) is 16.8. The fraction of sp³-hybridized carbons (Fsp3) is 0.148. The van der Waals surface area contributed by atoms with Gasteiger partial charge in [0, 0.05) is 44.2 Å². The van der Waals surface area contributed by atoms with Crippen LogP contribution >= 0.6 is 0 Å². The third-order valence-corrected chi connectivity index (χ3v) is 13.1. The Kier molecular flexibility index (Phi) is 7.11. The minimum Gasteiger partial charge on any atom is -0.310 e. The maximum atomic E-state index is 2.52. The number of hydrogen-bond donors (Lipinski definition) is 0. The van der Waals surface area contributed by atoms with Crippen LogP contribution in [0.5, 0.6) is 0 Å². The van der Waals surface area contributed by atoms with Crippen molar-refractivity contribution in [3.05, 3.63) is 198 Å². The second kappa shape index (κ2) is 12.1. The molecule has 11 rings (SSSR count). The van der Waals surface area contributed by atoms with Gasteiger partial charge in [0.1, 0.15) is 0 Å². The van der Waals surface area contributed by atoms with Crippen LogP contribution in [0.1, 0.15) is 62.8 Å². The smallest absolute Gasteiger partial charge is 0.0561 e. The lowest BCUT2D eigenvalue weighted by molar-refractivity contribution is 0.607. The first-order valence-electron chi connectivity index (χ1n) is 20.1. The van der Waals surface area contributed by atoms with E-state index in [1.165, 1.54) is 77.6 Å². The van der Waals surface area contributed by atoms with E-state index in [2.05, 4.69) is 207 Å². The summed E-state index contributed by atoms with van der Waals surface area (Å²) in [6.45, 7) is 9.59. The van der Waals surface area contributed by atoms with E-state index in [0.717, 1.165) is 29.9 Å². The molecular weight excluding hydrogens is 677 g/mol. The SMILES string of the molecule is CC1(C)C2=C(C=CCC2)c2c(-c3ccccc3N(c3ccc4c(c3)C(C)(C)c3ccccc3-4)c3ccc4c5ccccc5n(-c5ccccc5)c4c3)cccc21. The summed E-state index contributed by atoms with van der Waals surface area (Å²) in [4.78, 5) is 2.52. The van der Waals surface area contributed by atoms with E-state index >= 15 is 0 Å². The second-order valence-electron chi connectivity index (χ2n) is 16.8. The van der Waals surface area contributed by atoms with Gasteiger partial charge in [-0.1, -0.05) is 155 Å². The van der Waals surface area contributed by atoms with Crippen molar-refractivity contribution in [2.45, 2.75) is 51.4 Å². The predicted molar refractivity (Wildman–Crippen MR) is 237 cm³/mol. The van der Waals surface area contributed by atoms with Gasteiger partial charge in [0.05, 0.1) is 16.7 Å². The molecule has 8 aromatic rings. The molecule has 0 unspecified atom stereocenters. The fourth-order valence-electron chi connectivity index (χ4n) is 10.4. The monoisotopic (exact) mass is 720 g/mol. The zero-order valence-corrected chi connectivity index (χ0v) is 32.5. The number of anilines is 3. The summed E-state index contributed by atoms with van der Waals surface area (Å²) in [6.07, 6.45) is 6.98. The fourth-order valence-corrected chi connectivity index (χ4v) is 10.4. The van der Waals surface area contributed by atoms with Crippen molar-refractivity contribution >= 4 is 44.4 Å². The van der Waals surface area contributed by atoms with Crippen LogP contribution in [-0.2, 0) is 10.8 Å². The summed E-state index contributed by atoms with van der Waals surface area (Å²) in [7, 11) is 0. The maximum absolute atomic E-state index is 2.52. The Labute approximate surface area is 329 Å². The molecule has 0 bridgehead atoms. The molecule has 1 heterocycles. The Morgan fingerprint density at radius 2 is 1.16 bits per heavy atom. The average Bonchev–Trinajstić information content (AvgIpc) is 3.78. The Morgan fingerprint density at radius 1 is 0.500 bits per heavy atom. The third kappa shape index (κ3) is 4.62. The highest BCUT2D eigenvalue weighted by atomic mass is 15.1. The minimum atomic E-state index is -0.126. The number of fused-ring (bicyclic) bond motifs is 8. The highest BCUT2D eigenvalue weighted by Gasteiger charge is 2.39. The molecule has 0 aliphatic heterocycles. The summed E-state index contributed by atoms with van der Waals surface area (Å²) in [5.41, 5.74) is 20.6. The molecule has 0 atom stereocenters. The summed E-state index contributed by atoms with van der Waals surface area (Å²) >= 11 is 0. The zero-order chi connectivity index (χ0) is 37.8. The van der Waals surface area contributed by atoms with Gasteiger partial charge < -0.3 is 9.47 Å². The van der Waals surface area contributed by atoms with Crippen LogP contribution in [0.4, 0.5) is 17.1 Å². The first kappa shape index (κ1) is 33.0. The molecular formula is C54H44N2. The molecule has 270 valence electrons. The molecule has 3 aliphatic rings. The van der Waals surface area contributed by atoms with Crippen LogP contribution in [0, 0.1) is 0 Å². The number of nitrogens with zero attached hydrogens (tertiary/aromatic N) is 2. The summed E-state index contributed by atoms with van der Waals surface area (Å²) in [6, 6.07) is 58.8. The van der Waals surface area contributed by atoms with E-state index in [1.807, 2.05) is 0 Å². The molecule has 0 spiro atoms. The predicted octanol–water partition coefficient (Wildman–Crippen LogP) is 14.6. The summed E-state index contributed by atoms with van der Waals surface area (Å²) in [5.74, 6) is 0. The minimum absolute atomic E-state index is 0.00345. The van der Waals surface area contributed by atoms with Crippen LogP contribution in [-0.4, -0.2) is 4.57 Å². The molecule has 0 amide bonds. The molecule has 2 nitrogen and oxygen atoms in total. The number of rotatable bonds is 5. The number of aromatic nitrogens is 1.